The minimum Gasteiger partial charge on any atom is -0.359 e. The van der Waals surface area contributed by atoms with Crippen LogP contribution in [0.3, 0.4) is 0 Å². The molecule has 1 spiro atoms. The number of benzene rings is 1. The second-order valence-electron chi connectivity index (χ2n) is 13.0. The van der Waals surface area contributed by atoms with E-state index in [2.05, 4.69) is 43.4 Å². The first-order valence-electron chi connectivity index (χ1n) is 15.7. The van der Waals surface area contributed by atoms with Gasteiger partial charge < -0.3 is 25.2 Å². The fourth-order valence-electron chi connectivity index (χ4n) is 7.55. The van der Waals surface area contributed by atoms with Crippen molar-refractivity contribution in [3.05, 3.63) is 42.0 Å². The molecule has 1 aliphatic carbocycles. The van der Waals surface area contributed by atoms with Crippen molar-refractivity contribution < 1.29 is 19.1 Å². The van der Waals surface area contributed by atoms with E-state index < -0.39 is 29.6 Å². The number of ether oxygens (including phenoxy) is 1. The van der Waals surface area contributed by atoms with Crippen LogP contribution in [0.5, 0.6) is 0 Å². The first-order chi connectivity index (χ1) is 19.7. The number of amides is 3. The van der Waals surface area contributed by atoms with Crippen molar-refractivity contribution in [2.75, 3.05) is 32.0 Å². The molecule has 8 heteroatoms. The predicted octanol–water partition coefficient (Wildman–Crippen LogP) is 4.15. The molecule has 2 bridgehead atoms. The number of nitrogens with one attached hydrogen (secondary N) is 2. The Labute approximate surface area is 245 Å². The van der Waals surface area contributed by atoms with Crippen LogP contribution in [0.15, 0.2) is 36.4 Å². The summed E-state index contributed by atoms with van der Waals surface area (Å²) in [7, 11) is 2.10. The van der Waals surface area contributed by atoms with E-state index in [4.69, 9.17) is 4.74 Å². The number of carbonyl (C=O) groups is 3. The van der Waals surface area contributed by atoms with Crippen molar-refractivity contribution in [2.45, 2.75) is 90.0 Å². The van der Waals surface area contributed by atoms with E-state index >= 15 is 0 Å². The zero-order valence-corrected chi connectivity index (χ0v) is 25.4. The van der Waals surface area contributed by atoms with Crippen LogP contribution in [0.4, 0.5) is 5.69 Å². The molecule has 2 saturated heterocycles. The molecule has 4 aliphatic rings. The van der Waals surface area contributed by atoms with E-state index in [1.807, 2.05) is 43.3 Å². The average molecular weight is 565 g/mol. The van der Waals surface area contributed by atoms with Gasteiger partial charge in [0.25, 0.3) is 0 Å². The molecule has 3 fully saturated rings. The third kappa shape index (κ3) is 5.70. The predicted molar refractivity (Wildman–Crippen MR) is 160 cm³/mol. The molecule has 224 valence electrons. The Hall–Kier alpha value is -2.71. The average Bonchev–Trinajstić information content (AvgIpc) is 3.57. The quantitative estimate of drug-likeness (QED) is 0.394. The summed E-state index contributed by atoms with van der Waals surface area (Å²) in [6.45, 7) is 10.9. The number of rotatable bonds is 11. The minimum atomic E-state index is -1.13. The van der Waals surface area contributed by atoms with Gasteiger partial charge in [-0.15, -0.1) is 0 Å². The van der Waals surface area contributed by atoms with Crippen molar-refractivity contribution in [1.29, 1.82) is 0 Å². The molecular formula is C33H48N4O4. The zero-order valence-electron chi connectivity index (χ0n) is 25.4. The van der Waals surface area contributed by atoms with Crippen molar-refractivity contribution >= 4 is 23.4 Å². The lowest BCUT2D eigenvalue weighted by Gasteiger charge is -2.38. The summed E-state index contributed by atoms with van der Waals surface area (Å²) in [4.78, 5) is 46.1. The molecule has 41 heavy (non-hydrogen) atoms. The lowest BCUT2D eigenvalue weighted by molar-refractivity contribution is -0.141. The van der Waals surface area contributed by atoms with Gasteiger partial charge in [-0.2, -0.15) is 0 Å². The maximum absolute atomic E-state index is 14.2. The SMILES string of the molecule is CCCCN(C)CCCN1C(=O)C2C(C(=O)Nc3cccc(C)c3)C3C=CC2(O3)C1C(=O)NC1CCCC(C)C1C. The molecule has 3 heterocycles. The monoisotopic (exact) mass is 564 g/mol. The van der Waals surface area contributed by atoms with Crippen LogP contribution in [0.1, 0.15) is 64.9 Å². The largest absolute Gasteiger partial charge is 0.359 e. The Bertz CT molecular complexity index is 1170. The maximum Gasteiger partial charge on any atom is 0.246 e. The smallest absolute Gasteiger partial charge is 0.246 e. The van der Waals surface area contributed by atoms with E-state index in [1.165, 1.54) is 6.42 Å². The maximum atomic E-state index is 14.2. The van der Waals surface area contributed by atoms with Crippen molar-refractivity contribution in [2.24, 2.45) is 23.7 Å². The summed E-state index contributed by atoms with van der Waals surface area (Å²) >= 11 is 0. The van der Waals surface area contributed by atoms with E-state index in [0.29, 0.717) is 24.1 Å². The summed E-state index contributed by atoms with van der Waals surface area (Å²) in [6.07, 6.45) is 9.48. The summed E-state index contributed by atoms with van der Waals surface area (Å²) in [5.74, 6) is -1.05. The number of fused-ring (bicyclic) bond motifs is 1. The fraction of sp³-hybridized carbons (Fsp3) is 0.667. The second-order valence-corrected chi connectivity index (χ2v) is 13.0. The van der Waals surface area contributed by atoms with E-state index in [0.717, 1.165) is 50.8 Å². The number of nitrogens with zero attached hydrogens (tertiary/aromatic N) is 2. The Balaban J connectivity index is 1.39. The normalized spacial score (nSPS) is 33.9. The molecule has 0 aromatic heterocycles. The fourth-order valence-corrected chi connectivity index (χ4v) is 7.55. The number of hydrogen-bond donors (Lipinski definition) is 2. The number of carbonyl (C=O) groups excluding carboxylic acids is 3. The zero-order chi connectivity index (χ0) is 29.3. The molecule has 1 aromatic rings. The Kier molecular flexibility index (Phi) is 8.90. The van der Waals surface area contributed by atoms with E-state index in [-0.39, 0.29) is 23.8 Å². The van der Waals surface area contributed by atoms with E-state index in [1.54, 1.807) is 4.90 Å². The van der Waals surface area contributed by atoms with Gasteiger partial charge in [-0.3, -0.25) is 14.4 Å². The highest BCUT2D eigenvalue weighted by Gasteiger charge is 2.72. The summed E-state index contributed by atoms with van der Waals surface area (Å²) in [6, 6.07) is 6.92. The summed E-state index contributed by atoms with van der Waals surface area (Å²) < 4.78 is 6.53. The van der Waals surface area contributed by atoms with Crippen molar-refractivity contribution in [1.82, 2.24) is 15.1 Å². The molecule has 8 unspecified atom stereocenters. The van der Waals surface area contributed by atoms with Crippen LogP contribution in [-0.4, -0.2) is 78.0 Å². The van der Waals surface area contributed by atoms with Gasteiger partial charge in [0.05, 0.1) is 17.9 Å². The van der Waals surface area contributed by atoms with Gasteiger partial charge in [0.15, 0.2) is 0 Å². The molecular weight excluding hydrogens is 516 g/mol. The number of likely N-dealkylation sites (tertiary alicyclic amines) is 1. The van der Waals surface area contributed by atoms with Gasteiger partial charge in [-0.25, -0.2) is 0 Å². The molecule has 3 aliphatic heterocycles. The van der Waals surface area contributed by atoms with Crippen LogP contribution < -0.4 is 10.6 Å². The number of hydrogen-bond acceptors (Lipinski definition) is 5. The van der Waals surface area contributed by atoms with Gasteiger partial charge in [0, 0.05) is 18.3 Å². The lowest BCUT2D eigenvalue weighted by atomic mass is 9.73. The highest BCUT2D eigenvalue weighted by Crippen LogP contribution is 2.55. The Morgan fingerprint density at radius 2 is 1.93 bits per heavy atom. The number of unbranched alkanes of at least 4 members (excludes halogenated alkanes) is 1. The van der Waals surface area contributed by atoms with Crippen LogP contribution in [-0.2, 0) is 19.1 Å². The summed E-state index contributed by atoms with van der Waals surface area (Å²) in [5, 5.41) is 6.36. The first kappa shape index (κ1) is 29.8. The molecule has 1 saturated carbocycles. The van der Waals surface area contributed by atoms with E-state index in [9.17, 15) is 14.4 Å². The van der Waals surface area contributed by atoms with Gasteiger partial charge in [-0.1, -0.05) is 64.3 Å². The third-order valence-electron chi connectivity index (χ3n) is 10.1. The van der Waals surface area contributed by atoms with Crippen LogP contribution in [0.2, 0.25) is 0 Å². The Morgan fingerprint density at radius 3 is 2.68 bits per heavy atom. The van der Waals surface area contributed by atoms with Crippen LogP contribution >= 0.6 is 0 Å². The number of anilines is 1. The lowest BCUT2D eigenvalue weighted by Crippen LogP contribution is -2.58. The molecule has 8 nitrogen and oxygen atoms in total. The van der Waals surface area contributed by atoms with Crippen molar-refractivity contribution in [3.63, 3.8) is 0 Å². The van der Waals surface area contributed by atoms with Gasteiger partial charge >= 0.3 is 0 Å². The number of aryl methyl sites for hydroxylation is 1. The molecule has 3 amide bonds. The third-order valence-corrected chi connectivity index (χ3v) is 10.1. The Morgan fingerprint density at radius 1 is 1.15 bits per heavy atom. The van der Waals surface area contributed by atoms with Crippen LogP contribution in [0.25, 0.3) is 0 Å². The molecule has 8 atom stereocenters. The molecule has 1 aromatic carbocycles. The topological polar surface area (TPSA) is 91.0 Å². The summed E-state index contributed by atoms with van der Waals surface area (Å²) in [5.41, 5.74) is 0.610. The van der Waals surface area contributed by atoms with Gasteiger partial charge in [0.1, 0.15) is 11.6 Å². The standard InChI is InChI=1S/C33H48N4O4/c1-6-7-17-36(5)18-10-19-37-29(31(39)35-25-14-9-12-22(3)23(25)4)33-16-15-26(41-33)27(28(33)32(37)40)30(38)34-24-13-8-11-21(2)20-24/h8,11,13,15-16,20,22-23,25-29H,6-7,9-10,12,14,17-19H2,1-5H3,(H,34,38)(H,35,39). The molecule has 2 N–H and O–H groups in total. The van der Waals surface area contributed by atoms with Crippen LogP contribution in [0, 0.1) is 30.6 Å². The van der Waals surface area contributed by atoms with Gasteiger partial charge in [0.2, 0.25) is 17.7 Å². The second kappa shape index (κ2) is 12.3. The highest BCUT2D eigenvalue weighted by molar-refractivity contribution is 6.02. The molecule has 0 radical (unpaired) electrons. The van der Waals surface area contributed by atoms with Gasteiger partial charge in [-0.05, 0) is 75.9 Å². The van der Waals surface area contributed by atoms with Crippen molar-refractivity contribution in [3.8, 4) is 0 Å². The minimum absolute atomic E-state index is 0.0711. The molecule has 5 rings (SSSR count). The highest BCUT2D eigenvalue weighted by atomic mass is 16.5. The first-order valence-corrected chi connectivity index (χ1v) is 15.7.